The van der Waals surface area contributed by atoms with E-state index in [1.807, 2.05) is 73.6 Å². The first kappa shape index (κ1) is 35.2. The summed E-state index contributed by atoms with van der Waals surface area (Å²) in [5, 5.41) is 25.3. The van der Waals surface area contributed by atoms with E-state index in [1.54, 1.807) is 65.3 Å². The number of hydrogen-bond acceptors (Lipinski definition) is 14. The van der Waals surface area contributed by atoms with Crippen molar-refractivity contribution in [1.29, 1.82) is 0 Å². The molecular weight excluding hydrogens is 666 g/mol. The van der Waals surface area contributed by atoms with Gasteiger partial charge in [0.15, 0.2) is 0 Å². The van der Waals surface area contributed by atoms with Gasteiger partial charge < -0.3 is 0 Å². The second-order valence-corrected chi connectivity index (χ2v) is 8.88. The Morgan fingerprint density at radius 3 is 0.581 bits per heavy atom. The van der Waals surface area contributed by atoms with E-state index in [1.165, 1.54) is 0 Å². The van der Waals surface area contributed by atoms with Crippen molar-refractivity contribution in [2.24, 2.45) is 0 Å². The Kier molecular flexibility index (Phi) is 13.6. The molecule has 6 aromatic rings. The third-order valence-corrected chi connectivity index (χ3v) is 4.57. The summed E-state index contributed by atoms with van der Waals surface area (Å²) in [6.45, 7) is 0. The van der Waals surface area contributed by atoms with Crippen LogP contribution in [0.15, 0.2) is 111 Å². The minimum atomic E-state index is -4.94. The van der Waals surface area contributed by atoms with E-state index in [-0.39, 0.29) is 29.4 Å². The molecule has 0 aliphatic rings. The smallest absolute Gasteiger partial charge is 0.227 e. The molecule has 0 aliphatic heterocycles. The van der Waals surface area contributed by atoms with Gasteiger partial charge in [0.2, 0.25) is 12.6 Å². The van der Waals surface area contributed by atoms with Crippen LogP contribution in [0.2, 0.25) is 0 Å². The molecule has 6 rings (SSSR count). The SMILES string of the molecule is [Co+2].[O-][Cl+3]([O-])([O-])[O-].[O-][Cl+3]([O-])([O-])[O-].c1cnn(C(n2cccn2)n2cccn2)c1.c1cnn(C(n2cccn2)n2cccn2)c1. The molecule has 1 radical (unpaired) electrons. The molecule has 0 atom stereocenters. The molecule has 6 heterocycles. The molecular formula is C20H20Cl2CoN12O8. The van der Waals surface area contributed by atoms with Crippen LogP contribution < -0.4 is 37.3 Å². The molecule has 23 heteroatoms. The fourth-order valence-electron chi connectivity index (χ4n) is 3.23. The Labute approximate surface area is 256 Å². The maximum Gasteiger partial charge on any atom is 2.00 e. The van der Waals surface area contributed by atoms with Gasteiger partial charge in [-0.15, -0.1) is 20.5 Å². The molecule has 20 nitrogen and oxygen atoms in total. The van der Waals surface area contributed by atoms with Crippen molar-refractivity contribution in [2.75, 3.05) is 0 Å². The van der Waals surface area contributed by atoms with Gasteiger partial charge >= 0.3 is 16.8 Å². The molecule has 0 spiro atoms. The number of aromatic nitrogens is 12. The molecule has 231 valence electrons. The van der Waals surface area contributed by atoms with E-state index >= 15 is 0 Å². The van der Waals surface area contributed by atoms with Crippen molar-refractivity contribution in [3.8, 4) is 0 Å². The number of nitrogens with zero attached hydrogens (tertiary/aromatic N) is 12. The molecule has 0 N–H and O–H groups in total. The quantitative estimate of drug-likeness (QED) is 0.157. The van der Waals surface area contributed by atoms with Crippen LogP contribution in [0.5, 0.6) is 0 Å². The van der Waals surface area contributed by atoms with Crippen molar-refractivity contribution in [1.82, 2.24) is 58.7 Å². The van der Waals surface area contributed by atoms with Crippen LogP contribution >= 0.6 is 0 Å². The van der Waals surface area contributed by atoms with Crippen LogP contribution in [0.1, 0.15) is 12.6 Å². The van der Waals surface area contributed by atoms with Crippen LogP contribution in [-0.4, -0.2) is 58.7 Å². The van der Waals surface area contributed by atoms with E-state index < -0.39 is 20.5 Å². The van der Waals surface area contributed by atoms with E-state index in [2.05, 4.69) is 30.6 Å². The van der Waals surface area contributed by atoms with Crippen LogP contribution in [-0.2, 0) is 16.8 Å². The predicted octanol–water partition coefficient (Wildman–Crippen LogP) is -7.86. The Bertz CT molecular complexity index is 1180. The van der Waals surface area contributed by atoms with Crippen molar-refractivity contribution in [3.05, 3.63) is 111 Å². The van der Waals surface area contributed by atoms with Gasteiger partial charge in [0.05, 0.1) is 0 Å². The van der Waals surface area contributed by atoms with Crippen LogP contribution in [0.25, 0.3) is 0 Å². The monoisotopic (exact) mass is 685 g/mol. The number of hydrogen-bond donors (Lipinski definition) is 0. The van der Waals surface area contributed by atoms with Gasteiger partial charge in [-0.3, -0.25) is 0 Å². The summed E-state index contributed by atoms with van der Waals surface area (Å²) in [7, 11) is -9.89. The van der Waals surface area contributed by atoms with Crippen molar-refractivity contribution in [3.63, 3.8) is 0 Å². The van der Waals surface area contributed by atoms with E-state index in [4.69, 9.17) is 37.3 Å². The minimum Gasteiger partial charge on any atom is -0.227 e. The standard InChI is InChI=1S/2C10H10N6.2ClHO4.Co/c2*1-4-11-14(7-1)10(15-8-2-5-12-15)16-9-3-6-13-16;2*2-1(3,4)5;/h2*1-10H;2*(H,2,3,4,5);/q;;;;+2/p-2. The minimum absolute atomic E-state index is 0. The first-order chi connectivity index (χ1) is 19.9. The maximum atomic E-state index is 8.49. The summed E-state index contributed by atoms with van der Waals surface area (Å²) in [6.07, 6.45) is 21.3. The van der Waals surface area contributed by atoms with Gasteiger partial charge in [-0.1, -0.05) is 0 Å². The zero-order valence-electron chi connectivity index (χ0n) is 21.3. The van der Waals surface area contributed by atoms with Crippen LogP contribution in [0.4, 0.5) is 0 Å². The van der Waals surface area contributed by atoms with Gasteiger partial charge in [0.1, 0.15) is 0 Å². The van der Waals surface area contributed by atoms with Gasteiger partial charge in [-0.2, -0.15) is 30.6 Å². The summed E-state index contributed by atoms with van der Waals surface area (Å²) in [6, 6.07) is 11.2. The predicted molar refractivity (Wildman–Crippen MR) is 113 cm³/mol. The molecule has 0 bridgehead atoms. The van der Waals surface area contributed by atoms with Crippen molar-refractivity contribution >= 4 is 0 Å². The zero-order chi connectivity index (χ0) is 30.6. The molecule has 0 unspecified atom stereocenters. The summed E-state index contributed by atoms with van der Waals surface area (Å²) in [5.74, 6) is 0. The molecule has 0 aliphatic carbocycles. The topological polar surface area (TPSA) is 291 Å². The fourth-order valence-corrected chi connectivity index (χ4v) is 3.23. The molecule has 6 aromatic heterocycles. The maximum absolute atomic E-state index is 8.49. The summed E-state index contributed by atoms with van der Waals surface area (Å²) < 4.78 is 78.7. The average Bonchev–Trinajstić information content (AvgIpc) is 3.72. The first-order valence-electron chi connectivity index (χ1n) is 11.1. The summed E-state index contributed by atoms with van der Waals surface area (Å²) >= 11 is 0. The Hall–Kier alpha value is -3.97. The molecule has 0 fully saturated rings. The molecule has 0 saturated heterocycles. The third-order valence-electron chi connectivity index (χ3n) is 4.57. The Morgan fingerprint density at radius 2 is 0.488 bits per heavy atom. The van der Waals surface area contributed by atoms with Crippen LogP contribution in [0.3, 0.4) is 0 Å². The largest absolute Gasteiger partial charge is 2.00 e. The third kappa shape index (κ3) is 12.8. The van der Waals surface area contributed by atoms with Gasteiger partial charge in [0.25, 0.3) is 0 Å². The van der Waals surface area contributed by atoms with Crippen LogP contribution in [0, 0.1) is 20.5 Å². The van der Waals surface area contributed by atoms with E-state index in [9.17, 15) is 0 Å². The molecule has 0 saturated carbocycles. The Balaban J connectivity index is 0.000000226. The number of rotatable bonds is 6. The van der Waals surface area contributed by atoms with Crippen molar-refractivity contribution in [2.45, 2.75) is 12.6 Å². The van der Waals surface area contributed by atoms with E-state index in [0.717, 1.165) is 0 Å². The first-order valence-corrected chi connectivity index (χ1v) is 13.6. The second kappa shape index (κ2) is 16.6. The number of halogens is 2. The van der Waals surface area contributed by atoms with E-state index in [0.29, 0.717) is 0 Å². The Morgan fingerprint density at radius 1 is 0.349 bits per heavy atom. The van der Waals surface area contributed by atoms with Gasteiger partial charge in [-0.25, -0.2) is 65.4 Å². The normalized spacial score (nSPS) is 11.0. The second-order valence-electron chi connectivity index (χ2n) is 7.37. The van der Waals surface area contributed by atoms with Crippen molar-refractivity contribution < 1.29 is 74.5 Å². The molecule has 43 heavy (non-hydrogen) atoms. The summed E-state index contributed by atoms with van der Waals surface area (Å²) in [5.41, 5.74) is 0. The molecule has 0 amide bonds. The zero-order valence-corrected chi connectivity index (χ0v) is 23.8. The average molecular weight is 686 g/mol. The summed E-state index contributed by atoms with van der Waals surface area (Å²) in [4.78, 5) is 0. The fraction of sp³-hybridized carbons (Fsp3) is 0.100. The van der Waals surface area contributed by atoms with Gasteiger partial charge in [-0.05, 0) is 36.4 Å². The molecule has 0 aromatic carbocycles. The van der Waals surface area contributed by atoms with Gasteiger partial charge in [0, 0.05) is 74.4 Å².